The van der Waals surface area contributed by atoms with Crippen LogP contribution in [0.2, 0.25) is 0 Å². The summed E-state index contributed by atoms with van der Waals surface area (Å²) in [5.74, 6) is 0.945. The number of aryl methyl sites for hydroxylation is 1. The summed E-state index contributed by atoms with van der Waals surface area (Å²) in [7, 11) is -3.15. The number of aromatic nitrogens is 1. The molecule has 5 nitrogen and oxygen atoms in total. The molecule has 1 aromatic carbocycles. The van der Waals surface area contributed by atoms with Crippen molar-refractivity contribution < 1.29 is 12.9 Å². The molecule has 1 heterocycles. The van der Waals surface area contributed by atoms with Gasteiger partial charge in [0.2, 0.25) is 0 Å². The van der Waals surface area contributed by atoms with E-state index in [2.05, 4.69) is 10.5 Å². The van der Waals surface area contributed by atoms with Crippen molar-refractivity contribution in [3.63, 3.8) is 0 Å². The fourth-order valence-corrected chi connectivity index (χ4v) is 3.18. The maximum absolute atomic E-state index is 11.9. The van der Waals surface area contributed by atoms with Gasteiger partial charge in [0.1, 0.15) is 11.5 Å². The zero-order valence-electron chi connectivity index (χ0n) is 11.6. The lowest BCUT2D eigenvalue weighted by Gasteiger charge is -2.06. The topological polar surface area (TPSA) is 72.2 Å². The van der Waals surface area contributed by atoms with Crippen molar-refractivity contribution in [3.05, 3.63) is 41.8 Å². The number of anilines is 1. The van der Waals surface area contributed by atoms with Crippen molar-refractivity contribution in [1.82, 2.24) is 5.16 Å². The van der Waals surface area contributed by atoms with Crippen LogP contribution >= 0.6 is 0 Å². The third kappa shape index (κ3) is 3.60. The molecule has 20 heavy (non-hydrogen) atoms. The summed E-state index contributed by atoms with van der Waals surface area (Å²) >= 11 is 0. The third-order valence-electron chi connectivity index (χ3n) is 2.84. The summed E-state index contributed by atoms with van der Waals surface area (Å²) in [5, 5.41) is 7.05. The second-order valence-electron chi connectivity index (χ2n) is 4.63. The summed E-state index contributed by atoms with van der Waals surface area (Å²) < 4.78 is 28.7. The van der Waals surface area contributed by atoms with Gasteiger partial charge in [-0.15, -0.1) is 0 Å². The molecule has 1 aromatic heterocycles. The molecular weight excluding hydrogens is 276 g/mol. The van der Waals surface area contributed by atoms with Gasteiger partial charge in [0, 0.05) is 11.8 Å². The first-order chi connectivity index (χ1) is 9.51. The summed E-state index contributed by atoms with van der Waals surface area (Å²) in [5.41, 5.74) is 1.66. The lowest BCUT2D eigenvalue weighted by atomic mass is 10.3. The Morgan fingerprint density at radius 1 is 1.25 bits per heavy atom. The molecular formula is C14H18N2O3S. The standard InChI is InChI=1S/C14H18N2O3S/c1-3-8-20(17,18)14-6-4-12(5-7-14)15-10-13-9-11(2)19-16-13/h4-7,9,15H,3,8,10H2,1-2H3. The molecule has 0 aliphatic heterocycles. The first-order valence-corrected chi connectivity index (χ1v) is 8.15. The highest BCUT2D eigenvalue weighted by Crippen LogP contribution is 2.16. The van der Waals surface area contributed by atoms with Crippen LogP contribution < -0.4 is 5.32 Å². The molecule has 2 rings (SSSR count). The van der Waals surface area contributed by atoms with Gasteiger partial charge in [-0.3, -0.25) is 0 Å². The number of hydrogen-bond acceptors (Lipinski definition) is 5. The molecule has 0 amide bonds. The van der Waals surface area contributed by atoms with Gasteiger partial charge in [-0.25, -0.2) is 8.42 Å². The highest BCUT2D eigenvalue weighted by atomic mass is 32.2. The van der Waals surface area contributed by atoms with Crippen LogP contribution in [0.1, 0.15) is 24.8 Å². The quantitative estimate of drug-likeness (QED) is 0.887. The Balaban J connectivity index is 2.01. The molecule has 6 heteroatoms. The van der Waals surface area contributed by atoms with Crippen molar-refractivity contribution in [2.75, 3.05) is 11.1 Å². The van der Waals surface area contributed by atoms with Gasteiger partial charge in [-0.1, -0.05) is 12.1 Å². The SMILES string of the molecule is CCCS(=O)(=O)c1ccc(NCc2cc(C)on2)cc1. The van der Waals surface area contributed by atoms with Gasteiger partial charge in [0.15, 0.2) is 9.84 Å². The van der Waals surface area contributed by atoms with Crippen molar-refractivity contribution in [2.45, 2.75) is 31.7 Å². The molecule has 0 aliphatic rings. The average molecular weight is 294 g/mol. The summed E-state index contributed by atoms with van der Waals surface area (Å²) in [4.78, 5) is 0.363. The fraction of sp³-hybridized carbons (Fsp3) is 0.357. The van der Waals surface area contributed by atoms with E-state index in [1.165, 1.54) is 0 Å². The van der Waals surface area contributed by atoms with Crippen molar-refractivity contribution in [2.24, 2.45) is 0 Å². The number of hydrogen-bond donors (Lipinski definition) is 1. The van der Waals surface area contributed by atoms with Crippen LogP contribution in [0.4, 0.5) is 5.69 Å². The molecule has 0 atom stereocenters. The predicted octanol–water partition coefficient (Wildman–Crippen LogP) is 2.78. The largest absolute Gasteiger partial charge is 0.379 e. The van der Waals surface area contributed by atoms with Crippen LogP contribution in [0, 0.1) is 6.92 Å². The Bertz CT molecular complexity index is 660. The Kier molecular flexibility index (Phi) is 4.44. The van der Waals surface area contributed by atoms with E-state index in [9.17, 15) is 8.42 Å². The summed E-state index contributed by atoms with van der Waals surface area (Å²) in [6.07, 6.45) is 0.619. The average Bonchev–Trinajstić information content (AvgIpc) is 2.83. The Hall–Kier alpha value is -1.82. The van der Waals surface area contributed by atoms with Crippen LogP contribution in [-0.4, -0.2) is 19.3 Å². The van der Waals surface area contributed by atoms with Gasteiger partial charge in [0.25, 0.3) is 0 Å². The van der Waals surface area contributed by atoms with Gasteiger partial charge in [0.05, 0.1) is 17.2 Å². The first-order valence-electron chi connectivity index (χ1n) is 6.50. The number of nitrogens with zero attached hydrogens (tertiary/aromatic N) is 1. The molecule has 0 unspecified atom stereocenters. The van der Waals surface area contributed by atoms with Gasteiger partial charge >= 0.3 is 0 Å². The number of rotatable bonds is 6. The van der Waals surface area contributed by atoms with Crippen molar-refractivity contribution in [3.8, 4) is 0 Å². The minimum atomic E-state index is -3.15. The zero-order valence-corrected chi connectivity index (χ0v) is 12.4. The molecule has 0 fully saturated rings. The van der Waals surface area contributed by atoms with E-state index in [4.69, 9.17) is 4.52 Å². The van der Waals surface area contributed by atoms with Crippen LogP contribution in [0.5, 0.6) is 0 Å². The summed E-state index contributed by atoms with van der Waals surface area (Å²) in [6.45, 7) is 4.23. The highest BCUT2D eigenvalue weighted by molar-refractivity contribution is 7.91. The molecule has 0 saturated carbocycles. The van der Waals surface area contributed by atoms with Crippen LogP contribution in [-0.2, 0) is 16.4 Å². The van der Waals surface area contributed by atoms with E-state index in [0.29, 0.717) is 17.9 Å². The van der Waals surface area contributed by atoms with Gasteiger partial charge in [-0.05, 0) is 37.6 Å². The predicted molar refractivity (Wildman–Crippen MR) is 77.4 cm³/mol. The molecule has 1 N–H and O–H groups in total. The molecule has 0 aliphatic carbocycles. The normalized spacial score (nSPS) is 11.5. The molecule has 0 spiro atoms. The molecule has 108 valence electrons. The van der Waals surface area contributed by atoms with Crippen molar-refractivity contribution in [1.29, 1.82) is 0 Å². The van der Waals surface area contributed by atoms with Crippen LogP contribution in [0.25, 0.3) is 0 Å². The van der Waals surface area contributed by atoms with E-state index in [-0.39, 0.29) is 5.75 Å². The number of nitrogens with one attached hydrogen (secondary N) is 1. The summed E-state index contributed by atoms with van der Waals surface area (Å²) in [6, 6.07) is 8.63. The van der Waals surface area contributed by atoms with E-state index >= 15 is 0 Å². The van der Waals surface area contributed by atoms with E-state index < -0.39 is 9.84 Å². The molecule has 0 radical (unpaired) electrons. The smallest absolute Gasteiger partial charge is 0.178 e. The van der Waals surface area contributed by atoms with E-state index in [1.54, 1.807) is 24.3 Å². The maximum atomic E-state index is 11.9. The van der Waals surface area contributed by atoms with Crippen LogP contribution in [0.3, 0.4) is 0 Å². The zero-order chi connectivity index (χ0) is 14.6. The van der Waals surface area contributed by atoms with Crippen LogP contribution in [0.15, 0.2) is 39.8 Å². The van der Waals surface area contributed by atoms with Gasteiger partial charge < -0.3 is 9.84 Å². The Labute approximate surface area is 118 Å². The highest BCUT2D eigenvalue weighted by Gasteiger charge is 2.12. The monoisotopic (exact) mass is 294 g/mol. The number of sulfone groups is 1. The Morgan fingerprint density at radius 2 is 1.95 bits per heavy atom. The lowest BCUT2D eigenvalue weighted by molar-refractivity contribution is 0.391. The molecule has 2 aromatic rings. The van der Waals surface area contributed by atoms with Gasteiger partial charge in [-0.2, -0.15) is 0 Å². The minimum absolute atomic E-state index is 0.179. The second kappa shape index (κ2) is 6.09. The third-order valence-corrected chi connectivity index (χ3v) is 4.77. The van der Waals surface area contributed by atoms with Crippen molar-refractivity contribution >= 4 is 15.5 Å². The lowest BCUT2D eigenvalue weighted by Crippen LogP contribution is -2.06. The molecule has 0 saturated heterocycles. The van der Waals surface area contributed by atoms with E-state index in [1.807, 2.05) is 19.9 Å². The van der Waals surface area contributed by atoms with E-state index in [0.717, 1.165) is 17.1 Å². The fourth-order valence-electron chi connectivity index (χ4n) is 1.86. The second-order valence-corrected chi connectivity index (χ2v) is 6.73. The number of benzene rings is 1. The first kappa shape index (κ1) is 14.6. The minimum Gasteiger partial charge on any atom is -0.379 e. The Morgan fingerprint density at radius 3 is 2.50 bits per heavy atom. The maximum Gasteiger partial charge on any atom is 0.178 e. The molecule has 0 bridgehead atoms.